The Bertz CT molecular complexity index is 177. The van der Waals surface area contributed by atoms with Crippen LogP contribution in [0.25, 0.3) is 0 Å². The molecule has 13 heavy (non-hydrogen) atoms. The Morgan fingerprint density at radius 2 is 2.38 bits per heavy atom. The average molecular weight is 252 g/mol. The van der Waals surface area contributed by atoms with E-state index in [4.69, 9.17) is 4.74 Å². The molecule has 1 saturated heterocycles. The number of nitrogens with zero attached hydrogens (tertiary/aromatic N) is 1. The number of hydrogen-bond acceptors (Lipinski definition) is 3. The Labute approximate surface area is 86.0 Å². The minimum Gasteiger partial charge on any atom is -0.390 e. The van der Waals surface area contributed by atoms with Gasteiger partial charge in [-0.2, -0.15) is 0 Å². The van der Waals surface area contributed by atoms with Crippen LogP contribution in [0.4, 0.5) is 0 Å². The van der Waals surface area contributed by atoms with E-state index in [-0.39, 0.29) is 5.91 Å². The van der Waals surface area contributed by atoms with Gasteiger partial charge in [-0.3, -0.25) is 4.79 Å². The lowest BCUT2D eigenvalue weighted by molar-refractivity contribution is -0.131. The van der Waals surface area contributed by atoms with Crippen molar-refractivity contribution in [1.82, 2.24) is 4.90 Å². The molecule has 1 aliphatic heterocycles. The average Bonchev–Trinajstić information content (AvgIpc) is 2.32. The maximum Gasteiger partial charge on any atom is 0.225 e. The van der Waals surface area contributed by atoms with Crippen LogP contribution < -0.4 is 0 Å². The Morgan fingerprint density at radius 1 is 1.62 bits per heavy atom. The number of aliphatic hydroxyl groups excluding tert-OH is 1. The molecule has 1 amide bonds. The van der Waals surface area contributed by atoms with Crippen LogP contribution in [0, 0.1) is 0 Å². The highest BCUT2D eigenvalue weighted by Crippen LogP contribution is 2.03. The summed E-state index contributed by atoms with van der Waals surface area (Å²) < 4.78 is 5.15. The summed E-state index contributed by atoms with van der Waals surface area (Å²) in [5, 5.41) is 9.84. The summed E-state index contributed by atoms with van der Waals surface area (Å²) in [6.07, 6.45) is -0.0586. The first-order chi connectivity index (χ1) is 6.24. The highest BCUT2D eigenvalue weighted by molar-refractivity contribution is 9.09. The van der Waals surface area contributed by atoms with Gasteiger partial charge in [0.2, 0.25) is 5.91 Å². The molecule has 1 N–H and O–H groups in total. The Hall–Kier alpha value is -0.130. The van der Waals surface area contributed by atoms with Gasteiger partial charge in [-0.25, -0.2) is 0 Å². The maximum absolute atomic E-state index is 11.4. The number of halogens is 1. The van der Waals surface area contributed by atoms with Crippen LogP contribution in [0.2, 0.25) is 0 Å². The van der Waals surface area contributed by atoms with Crippen LogP contribution in [-0.4, -0.2) is 53.7 Å². The first-order valence-corrected chi connectivity index (χ1v) is 5.45. The molecule has 1 rings (SSSR count). The number of hydrogen-bond donors (Lipinski definition) is 1. The van der Waals surface area contributed by atoms with E-state index in [1.165, 1.54) is 0 Å². The summed E-state index contributed by atoms with van der Waals surface area (Å²) in [6.45, 7) is 2.05. The minimum atomic E-state index is -0.484. The molecule has 0 spiro atoms. The molecular formula is C8H14BrNO3. The topological polar surface area (TPSA) is 49.8 Å². The van der Waals surface area contributed by atoms with Crippen molar-refractivity contribution in [3.8, 4) is 0 Å². The van der Waals surface area contributed by atoms with Gasteiger partial charge in [0.15, 0.2) is 0 Å². The standard InChI is InChI=1S/C8H14BrNO3/c9-5-7(11)6-10-2-4-13-3-1-8(10)12/h7,11H,1-6H2. The third-order valence-corrected chi connectivity index (χ3v) is 2.68. The molecule has 0 aliphatic carbocycles. The van der Waals surface area contributed by atoms with Crippen LogP contribution in [0.5, 0.6) is 0 Å². The molecule has 0 aromatic carbocycles. The zero-order valence-electron chi connectivity index (χ0n) is 7.41. The fourth-order valence-electron chi connectivity index (χ4n) is 1.22. The number of aliphatic hydroxyl groups is 1. The lowest BCUT2D eigenvalue weighted by Crippen LogP contribution is -2.38. The van der Waals surface area contributed by atoms with E-state index in [0.717, 1.165) is 0 Å². The van der Waals surface area contributed by atoms with Crippen molar-refractivity contribution in [2.24, 2.45) is 0 Å². The van der Waals surface area contributed by atoms with Crippen molar-refractivity contribution in [3.63, 3.8) is 0 Å². The molecule has 1 unspecified atom stereocenters. The molecule has 0 aromatic heterocycles. The van der Waals surface area contributed by atoms with Gasteiger partial charge < -0.3 is 14.7 Å². The van der Waals surface area contributed by atoms with Gasteiger partial charge in [0.05, 0.1) is 25.7 Å². The molecule has 0 radical (unpaired) electrons. The van der Waals surface area contributed by atoms with Gasteiger partial charge in [-0.15, -0.1) is 0 Å². The zero-order valence-corrected chi connectivity index (χ0v) is 8.99. The molecule has 1 atom stereocenters. The van der Waals surface area contributed by atoms with E-state index < -0.39 is 6.10 Å². The number of rotatable bonds is 3. The zero-order chi connectivity index (χ0) is 9.68. The molecule has 1 fully saturated rings. The van der Waals surface area contributed by atoms with Gasteiger partial charge in [-0.05, 0) is 0 Å². The molecule has 1 heterocycles. The molecular weight excluding hydrogens is 238 g/mol. The quantitative estimate of drug-likeness (QED) is 0.719. The van der Waals surface area contributed by atoms with Crippen molar-refractivity contribution in [2.75, 3.05) is 31.6 Å². The van der Waals surface area contributed by atoms with Crippen molar-refractivity contribution in [1.29, 1.82) is 0 Å². The third-order valence-electron chi connectivity index (χ3n) is 1.93. The van der Waals surface area contributed by atoms with Gasteiger partial charge in [0, 0.05) is 18.4 Å². The van der Waals surface area contributed by atoms with Crippen LogP contribution >= 0.6 is 15.9 Å². The lowest BCUT2D eigenvalue weighted by atomic mass is 10.3. The summed E-state index contributed by atoms with van der Waals surface area (Å²) in [5.41, 5.74) is 0. The first kappa shape index (κ1) is 10.9. The highest BCUT2D eigenvalue weighted by atomic mass is 79.9. The van der Waals surface area contributed by atoms with Crippen LogP contribution in [0.15, 0.2) is 0 Å². The first-order valence-electron chi connectivity index (χ1n) is 4.33. The largest absolute Gasteiger partial charge is 0.390 e. The molecule has 1 aliphatic rings. The van der Waals surface area contributed by atoms with E-state index in [2.05, 4.69) is 15.9 Å². The number of amides is 1. The molecule has 0 bridgehead atoms. The van der Waals surface area contributed by atoms with E-state index in [0.29, 0.717) is 38.1 Å². The number of ether oxygens (including phenoxy) is 1. The van der Waals surface area contributed by atoms with Crippen molar-refractivity contribution in [2.45, 2.75) is 12.5 Å². The number of carbonyl (C=O) groups is 1. The monoisotopic (exact) mass is 251 g/mol. The normalized spacial score (nSPS) is 21.4. The molecule has 76 valence electrons. The van der Waals surface area contributed by atoms with E-state index in [1.54, 1.807) is 4.90 Å². The van der Waals surface area contributed by atoms with E-state index in [9.17, 15) is 9.90 Å². The van der Waals surface area contributed by atoms with Gasteiger partial charge in [0.25, 0.3) is 0 Å². The van der Waals surface area contributed by atoms with Crippen LogP contribution in [0.1, 0.15) is 6.42 Å². The van der Waals surface area contributed by atoms with Crippen LogP contribution in [0.3, 0.4) is 0 Å². The number of alkyl halides is 1. The molecule has 4 nitrogen and oxygen atoms in total. The van der Waals surface area contributed by atoms with Gasteiger partial charge in [-0.1, -0.05) is 15.9 Å². The van der Waals surface area contributed by atoms with E-state index in [1.807, 2.05) is 0 Å². The Balaban J connectivity index is 2.40. The van der Waals surface area contributed by atoms with Gasteiger partial charge in [0.1, 0.15) is 0 Å². The SMILES string of the molecule is O=C1CCOCCN1CC(O)CBr. The van der Waals surface area contributed by atoms with Crippen molar-refractivity contribution in [3.05, 3.63) is 0 Å². The summed E-state index contributed by atoms with van der Waals surface area (Å²) >= 11 is 3.16. The second-order valence-corrected chi connectivity index (χ2v) is 3.66. The predicted molar refractivity (Wildman–Crippen MR) is 51.8 cm³/mol. The predicted octanol–water partition coefficient (Wildman–Crippen LogP) is -0.00890. The molecule has 0 aromatic rings. The summed E-state index contributed by atoms with van der Waals surface area (Å²) in [4.78, 5) is 13.0. The molecule has 5 heteroatoms. The maximum atomic E-state index is 11.4. The van der Waals surface area contributed by atoms with E-state index >= 15 is 0 Å². The summed E-state index contributed by atoms with van der Waals surface area (Å²) in [5.74, 6) is 0.0671. The van der Waals surface area contributed by atoms with Crippen LogP contribution in [-0.2, 0) is 9.53 Å². The fraction of sp³-hybridized carbons (Fsp3) is 0.875. The lowest BCUT2D eigenvalue weighted by Gasteiger charge is -2.21. The fourth-order valence-corrected chi connectivity index (χ4v) is 1.42. The van der Waals surface area contributed by atoms with Crippen molar-refractivity contribution >= 4 is 21.8 Å². The Morgan fingerprint density at radius 3 is 3.08 bits per heavy atom. The highest BCUT2D eigenvalue weighted by Gasteiger charge is 2.18. The van der Waals surface area contributed by atoms with Gasteiger partial charge >= 0.3 is 0 Å². The summed E-state index contributed by atoms with van der Waals surface area (Å²) in [7, 11) is 0. The Kier molecular flexibility index (Phi) is 4.69. The second-order valence-electron chi connectivity index (χ2n) is 3.01. The smallest absolute Gasteiger partial charge is 0.225 e. The number of β-amino-alcohol motifs (C(OH)–C–C–N with tert-alkyl or cyclic N) is 1. The molecule has 0 saturated carbocycles. The number of carbonyl (C=O) groups excluding carboxylic acids is 1. The minimum absolute atomic E-state index is 0.0671. The summed E-state index contributed by atoms with van der Waals surface area (Å²) in [6, 6.07) is 0. The second kappa shape index (κ2) is 5.57. The van der Waals surface area contributed by atoms with Crippen molar-refractivity contribution < 1.29 is 14.6 Å². The third kappa shape index (κ3) is 3.62.